The third-order valence-electron chi connectivity index (χ3n) is 14.0. The van der Waals surface area contributed by atoms with E-state index < -0.39 is 103 Å². The molecule has 0 radical (unpaired) electrons. The maximum atomic E-state index is 14.5. The Kier molecular flexibility index (Phi) is 21.2. The van der Waals surface area contributed by atoms with E-state index in [2.05, 4.69) is 15.2 Å². The van der Waals surface area contributed by atoms with Crippen LogP contribution in [0.4, 0.5) is 0 Å². The first-order chi connectivity index (χ1) is 34.0. The fourth-order valence-electron chi connectivity index (χ4n) is 9.85. The maximum Gasteiger partial charge on any atom is 0.308 e. The van der Waals surface area contributed by atoms with Crippen molar-refractivity contribution in [3.05, 3.63) is 66.2 Å². The van der Waals surface area contributed by atoms with Crippen molar-refractivity contribution in [3.8, 4) is 5.82 Å². The third-order valence-corrected chi connectivity index (χ3v) is 14.0. The molecule has 20 heteroatoms. The van der Waals surface area contributed by atoms with Crippen molar-refractivity contribution in [1.29, 1.82) is 0 Å². The number of ketones is 1. The molecule has 20 nitrogen and oxygen atoms in total. The first-order valence-electron chi connectivity index (χ1n) is 24.8. The van der Waals surface area contributed by atoms with E-state index in [4.69, 9.17) is 47.5 Å². The molecule has 4 aliphatic rings. The number of pyridine rings is 1. The second kappa shape index (κ2) is 26.8. The third kappa shape index (κ3) is 14.8. The molecule has 71 heavy (non-hydrogen) atoms. The highest BCUT2D eigenvalue weighted by Gasteiger charge is 2.48. The zero-order valence-corrected chi connectivity index (χ0v) is 42.9. The molecule has 2 unspecified atom stereocenters. The molecule has 17 atom stereocenters. The Morgan fingerprint density at radius 3 is 2.35 bits per heavy atom. The van der Waals surface area contributed by atoms with Crippen LogP contribution < -0.4 is 0 Å². The summed E-state index contributed by atoms with van der Waals surface area (Å²) in [5.41, 5.74) is 1.94. The zero-order valence-electron chi connectivity index (χ0n) is 42.9. The van der Waals surface area contributed by atoms with Gasteiger partial charge in [-0.3, -0.25) is 9.59 Å². The number of nitrogens with zero attached hydrogens (tertiary/aromatic N) is 5. The molecule has 396 valence electrons. The Balaban J connectivity index is 1.32. The molecule has 4 aliphatic heterocycles. The van der Waals surface area contributed by atoms with Gasteiger partial charge < -0.3 is 67.7 Å². The highest BCUT2D eigenvalue weighted by atomic mass is 16.7. The Labute approximate surface area is 417 Å². The van der Waals surface area contributed by atoms with Gasteiger partial charge in [0.25, 0.3) is 0 Å². The van der Waals surface area contributed by atoms with Gasteiger partial charge in [-0.15, -0.1) is 0 Å². The van der Waals surface area contributed by atoms with E-state index in [1.807, 2.05) is 52.0 Å². The minimum absolute atomic E-state index is 0.0220. The van der Waals surface area contributed by atoms with Crippen LogP contribution in [-0.2, 0) is 63.7 Å². The number of methoxy groups -OCH3 is 2. The number of carbonyl (C=O) groups excluding carboxylic acids is 2. The number of rotatable bonds is 13. The van der Waals surface area contributed by atoms with E-state index in [1.165, 1.54) is 14.2 Å². The van der Waals surface area contributed by atoms with Crippen LogP contribution >= 0.6 is 0 Å². The van der Waals surface area contributed by atoms with Gasteiger partial charge in [0, 0.05) is 62.7 Å². The summed E-state index contributed by atoms with van der Waals surface area (Å²) in [4.78, 5) is 40.6. The van der Waals surface area contributed by atoms with E-state index in [0.29, 0.717) is 30.8 Å². The van der Waals surface area contributed by atoms with Crippen LogP contribution in [0.3, 0.4) is 0 Å². The standard InChI is InChI=1S/C51H77N5O15/c1-11-39-36(26-66-51-49(63-10)48(62-9)45(60)33(6)69-51)21-29(2)13-15-38(57)30(3)22-35-17-20-64-27-37(54-67-25-34-14-16-41(52-24-34)56-19-12-18-53-56)28-65-40(23-42(58)70-39)31(4)47(35)71-50-46(61)43(55(7)8)44(59)32(5)68-50/h12-16,18-19,21,24,30-33,35-36,39-40,43-51,59-61H,11,17,20,22-23,25-28H2,1-10H3/b15-13+,29-21+,54-37+/t30-,31+,32-,33-,35+,36-,39-,40-,43+,44-,45-,46-,47-,48-,49-,50?,51?/m1/s1. The maximum absolute atomic E-state index is 14.5. The van der Waals surface area contributed by atoms with E-state index in [0.717, 1.165) is 11.1 Å². The average molecular weight is 1000 g/mol. The van der Waals surface area contributed by atoms with E-state index >= 15 is 0 Å². The van der Waals surface area contributed by atoms with Gasteiger partial charge >= 0.3 is 5.97 Å². The number of hydrogen-bond donors (Lipinski definition) is 3. The zero-order chi connectivity index (χ0) is 51.4. The molecule has 0 aromatic carbocycles. The summed E-state index contributed by atoms with van der Waals surface area (Å²) in [5, 5.41) is 42.3. The molecule has 6 heterocycles. The minimum Gasteiger partial charge on any atom is -0.462 e. The van der Waals surface area contributed by atoms with Crippen molar-refractivity contribution in [2.75, 3.05) is 54.7 Å². The molecule has 0 saturated carbocycles. The van der Waals surface area contributed by atoms with Gasteiger partial charge in [-0.1, -0.05) is 49.7 Å². The second-order valence-electron chi connectivity index (χ2n) is 19.5. The lowest BCUT2D eigenvalue weighted by Crippen LogP contribution is -2.63. The summed E-state index contributed by atoms with van der Waals surface area (Å²) in [6, 6.07) is 4.80. The van der Waals surface area contributed by atoms with Crippen LogP contribution in [-0.4, -0.2) is 187 Å². The quantitative estimate of drug-likeness (QED) is 0.192. The van der Waals surface area contributed by atoms with Gasteiger partial charge in [-0.25, -0.2) is 9.67 Å². The number of aromatic nitrogens is 3. The number of aliphatic hydroxyl groups is 3. The molecule has 0 spiro atoms. The summed E-state index contributed by atoms with van der Waals surface area (Å²) in [6.45, 7) is 11.3. The van der Waals surface area contributed by atoms with Crippen molar-refractivity contribution in [1.82, 2.24) is 19.7 Å². The Bertz CT molecular complexity index is 2050. The van der Waals surface area contributed by atoms with Crippen molar-refractivity contribution >= 4 is 17.5 Å². The number of hydrogen-bond acceptors (Lipinski definition) is 19. The first-order valence-corrected chi connectivity index (χ1v) is 24.8. The van der Waals surface area contributed by atoms with Crippen LogP contribution in [0.2, 0.25) is 0 Å². The molecule has 2 aromatic heterocycles. The Hall–Kier alpha value is -4.03. The molecule has 3 saturated heterocycles. The van der Waals surface area contributed by atoms with E-state index in [1.54, 1.807) is 68.3 Å². The molecule has 3 fully saturated rings. The fourth-order valence-corrected chi connectivity index (χ4v) is 9.85. The van der Waals surface area contributed by atoms with Crippen molar-refractivity contribution < 1.29 is 72.4 Å². The minimum atomic E-state index is -1.26. The molecule has 2 bridgehead atoms. The molecule has 2 aromatic rings. The van der Waals surface area contributed by atoms with Gasteiger partial charge in [0.05, 0.1) is 62.8 Å². The highest BCUT2D eigenvalue weighted by molar-refractivity contribution is 5.91. The average Bonchev–Trinajstić information content (AvgIpc) is 3.89. The topological polar surface area (TPSA) is 233 Å². The lowest BCUT2D eigenvalue weighted by molar-refractivity contribution is -0.305. The number of fused-ring (bicyclic) bond motifs is 3. The number of aliphatic hydroxyl groups excluding tert-OH is 3. The Morgan fingerprint density at radius 1 is 0.930 bits per heavy atom. The van der Waals surface area contributed by atoms with Gasteiger partial charge in [0.2, 0.25) is 0 Å². The van der Waals surface area contributed by atoms with Gasteiger partial charge in [0.1, 0.15) is 42.8 Å². The molecular formula is C51H77N5O15. The van der Waals surface area contributed by atoms with E-state index in [9.17, 15) is 24.9 Å². The predicted molar refractivity (Wildman–Crippen MR) is 258 cm³/mol. The number of ether oxygens (including phenoxy) is 9. The number of cyclic esters (lactones) is 1. The van der Waals surface area contributed by atoms with Crippen LogP contribution in [0.5, 0.6) is 0 Å². The monoisotopic (exact) mass is 1000 g/mol. The SMILES string of the molecule is CC[C@H]1OC(=O)C[C@H]2OC/C(=N/OCc3ccc(-n4cccn4)nc3)COCC[C@@H](C[C@@H](C)C(=O)/C=C/C(C)=C/[C@@H]1COC1O[C@H](C)[C@@H](O)[C@@H](OC)[C@H]1OC)[C@H](OC1O[C@H](C)[C@@H](O)[C@H](N(C)C)[C@H]1O)[C@H]2C. The summed E-state index contributed by atoms with van der Waals surface area (Å²) >= 11 is 0. The van der Waals surface area contributed by atoms with Crippen LogP contribution in [0.1, 0.15) is 72.8 Å². The number of likely N-dealkylation sites (N-methyl/N-ethyl adjacent to an activating group) is 1. The predicted octanol–water partition coefficient (Wildman–Crippen LogP) is 3.57. The smallest absolute Gasteiger partial charge is 0.308 e. The number of allylic oxidation sites excluding steroid dienone is 3. The molecule has 3 N–H and O–H groups in total. The molecule has 0 amide bonds. The van der Waals surface area contributed by atoms with Gasteiger partial charge in [-0.05, 0) is 78.3 Å². The first kappa shape index (κ1) is 56.3. The van der Waals surface area contributed by atoms with Crippen molar-refractivity contribution in [3.63, 3.8) is 0 Å². The van der Waals surface area contributed by atoms with Gasteiger partial charge in [-0.2, -0.15) is 5.10 Å². The van der Waals surface area contributed by atoms with Crippen LogP contribution in [0.15, 0.2) is 65.7 Å². The fraction of sp³-hybridized carbons (Fsp3) is 0.706. The summed E-state index contributed by atoms with van der Waals surface area (Å²) in [7, 11) is 6.51. The highest BCUT2D eigenvalue weighted by Crippen LogP contribution is 2.36. The summed E-state index contributed by atoms with van der Waals surface area (Å²) in [5.74, 6) is -1.99. The summed E-state index contributed by atoms with van der Waals surface area (Å²) < 4.78 is 57.8. The number of esters is 1. The largest absolute Gasteiger partial charge is 0.462 e. The number of oxime groups is 1. The van der Waals surface area contributed by atoms with Crippen LogP contribution in [0, 0.1) is 23.7 Å². The lowest BCUT2D eigenvalue weighted by Gasteiger charge is -2.47. The Morgan fingerprint density at radius 2 is 1.68 bits per heavy atom. The van der Waals surface area contributed by atoms with E-state index in [-0.39, 0.29) is 51.2 Å². The summed E-state index contributed by atoms with van der Waals surface area (Å²) in [6.07, 6.45) is 0.851. The number of carbonyl (C=O) groups is 2. The van der Waals surface area contributed by atoms with Crippen LogP contribution in [0.25, 0.3) is 5.82 Å². The normalized spacial score (nSPS) is 38.0. The molecule has 6 rings (SSSR count). The molecule has 0 aliphatic carbocycles. The molecular weight excluding hydrogens is 923 g/mol. The lowest BCUT2D eigenvalue weighted by atomic mass is 9.79. The second-order valence-corrected chi connectivity index (χ2v) is 19.5. The van der Waals surface area contributed by atoms with Gasteiger partial charge in [0.15, 0.2) is 24.2 Å². The van der Waals surface area contributed by atoms with Crippen molar-refractivity contribution in [2.45, 2.75) is 153 Å². The van der Waals surface area contributed by atoms with Crippen molar-refractivity contribution in [2.24, 2.45) is 28.8 Å².